The smallest absolute Gasteiger partial charge is 0.253 e. The molecule has 3 rings (SSSR count). The van der Waals surface area contributed by atoms with E-state index in [1.807, 2.05) is 30.0 Å². The number of hydrogen-bond acceptors (Lipinski definition) is 4. The van der Waals surface area contributed by atoms with E-state index in [9.17, 15) is 9.59 Å². The lowest BCUT2D eigenvalue weighted by molar-refractivity contribution is 0.0698. The second kappa shape index (κ2) is 9.26. The van der Waals surface area contributed by atoms with Crippen LogP contribution in [0.15, 0.2) is 48.5 Å². The summed E-state index contributed by atoms with van der Waals surface area (Å²) in [5, 5.41) is 3.06. The Morgan fingerprint density at radius 1 is 1.04 bits per heavy atom. The van der Waals surface area contributed by atoms with Gasteiger partial charge in [0.25, 0.3) is 11.8 Å². The molecule has 0 atom stereocenters. The molecule has 1 fully saturated rings. The average Bonchev–Trinajstić information content (AvgIpc) is 2.74. The lowest BCUT2D eigenvalue weighted by Crippen LogP contribution is -2.46. The van der Waals surface area contributed by atoms with Crippen molar-refractivity contribution in [2.24, 2.45) is 0 Å². The number of likely N-dealkylation sites (tertiary alicyclic amines) is 1. The van der Waals surface area contributed by atoms with Crippen molar-refractivity contribution in [3.63, 3.8) is 0 Å². The molecule has 1 aliphatic heterocycles. The van der Waals surface area contributed by atoms with E-state index in [2.05, 4.69) is 5.32 Å². The maximum atomic E-state index is 12.7. The molecule has 0 aliphatic carbocycles. The largest absolute Gasteiger partial charge is 0.497 e. The van der Waals surface area contributed by atoms with Crippen molar-refractivity contribution in [3.8, 4) is 11.5 Å². The van der Waals surface area contributed by atoms with Gasteiger partial charge in [-0.15, -0.1) is 0 Å². The topological polar surface area (TPSA) is 67.9 Å². The van der Waals surface area contributed by atoms with Gasteiger partial charge >= 0.3 is 0 Å². The maximum Gasteiger partial charge on any atom is 0.253 e. The van der Waals surface area contributed by atoms with E-state index >= 15 is 0 Å². The Bertz CT molecular complexity index is 812. The van der Waals surface area contributed by atoms with Gasteiger partial charge in [-0.3, -0.25) is 9.59 Å². The molecule has 148 valence electrons. The van der Waals surface area contributed by atoms with Crippen molar-refractivity contribution < 1.29 is 19.1 Å². The number of carbonyl (C=O) groups excluding carboxylic acids is 2. The highest BCUT2D eigenvalue weighted by Crippen LogP contribution is 2.18. The maximum absolute atomic E-state index is 12.7. The summed E-state index contributed by atoms with van der Waals surface area (Å²) in [4.78, 5) is 27.0. The van der Waals surface area contributed by atoms with E-state index in [0.29, 0.717) is 36.6 Å². The van der Waals surface area contributed by atoms with Crippen LogP contribution in [0.25, 0.3) is 0 Å². The second-order valence-corrected chi connectivity index (χ2v) is 6.73. The standard InChI is InChI=1S/C22H26N2O4/c1-3-28-19-9-7-16(8-10-19)22(26)24-13-11-18(12-14-24)23-21(25)17-5-4-6-20(15-17)27-2/h4-10,15,18H,3,11-14H2,1-2H3,(H,23,25). The monoisotopic (exact) mass is 382 g/mol. The van der Waals surface area contributed by atoms with Crippen LogP contribution in [0.3, 0.4) is 0 Å². The third-order valence-corrected chi connectivity index (χ3v) is 4.86. The molecule has 1 N–H and O–H groups in total. The quantitative estimate of drug-likeness (QED) is 0.834. The predicted molar refractivity (Wildman–Crippen MR) is 107 cm³/mol. The van der Waals surface area contributed by atoms with Crippen LogP contribution in [0.1, 0.15) is 40.5 Å². The zero-order chi connectivity index (χ0) is 19.9. The highest BCUT2D eigenvalue weighted by atomic mass is 16.5. The Hall–Kier alpha value is -3.02. The molecule has 0 spiro atoms. The van der Waals surface area contributed by atoms with Gasteiger partial charge in [0.2, 0.25) is 0 Å². The summed E-state index contributed by atoms with van der Waals surface area (Å²) in [6.45, 7) is 3.77. The molecule has 28 heavy (non-hydrogen) atoms. The minimum absolute atomic E-state index is 0.0145. The SMILES string of the molecule is CCOc1ccc(C(=O)N2CCC(NC(=O)c3cccc(OC)c3)CC2)cc1. The van der Waals surface area contributed by atoms with Crippen LogP contribution in [-0.4, -0.2) is 49.6 Å². The Morgan fingerprint density at radius 3 is 2.39 bits per heavy atom. The van der Waals surface area contributed by atoms with Crippen molar-refractivity contribution >= 4 is 11.8 Å². The second-order valence-electron chi connectivity index (χ2n) is 6.73. The molecule has 6 nitrogen and oxygen atoms in total. The molecule has 0 unspecified atom stereocenters. The summed E-state index contributed by atoms with van der Waals surface area (Å²) in [7, 11) is 1.58. The Morgan fingerprint density at radius 2 is 1.75 bits per heavy atom. The van der Waals surface area contributed by atoms with E-state index in [4.69, 9.17) is 9.47 Å². The van der Waals surface area contributed by atoms with Gasteiger partial charge in [0.05, 0.1) is 13.7 Å². The van der Waals surface area contributed by atoms with E-state index in [0.717, 1.165) is 18.6 Å². The van der Waals surface area contributed by atoms with Gasteiger partial charge in [-0.25, -0.2) is 0 Å². The van der Waals surface area contributed by atoms with Crippen LogP contribution < -0.4 is 14.8 Å². The summed E-state index contributed by atoms with van der Waals surface area (Å²) in [6.07, 6.45) is 1.47. The van der Waals surface area contributed by atoms with Crippen LogP contribution in [0, 0.1) is 0 Å². The highest BCUT2D eigenvalue weighted by Gasteiger charge is 2.25. The van der Waals surface area contributed by atoms with Crippen LogP contribution in [-0.2, 0) is 0 Å². The van der Waals surface area contributed by atoms with Crippen LogP contribution in [0.5, 0.6) is 11.5 Å². The fourth-order valence-electron chi connectivity index (χ4n) is 3.30. The lowest BCUT2D eigenvalue weighted by atomic mass is 10.0. The van der Waals surface area contributed by atoms with Crippen LogP contribution in [0.4, 0.5) is 0 Å². The Balaban J connectivity index is 1.52. The summed E-state index contributed by atoms with van der Waals surface area (Å²) in [6, 6.07) is 14.4. The van der Waals surface area contributed by atoms with Crippen LogP contribution in [0.2, 0.25) is 0 Å². The number of amides is 2. The molecule has 0 aromatic heterocycles. The van der Waals surface area contributed by atoms with Crippen molar-refractivity contribution in [3.05, 3.63) is 59.7 Å². The number of carbonyl (C=O) groups is 2. The van der Waals surface area contributed by atoms with Gasteiger partial charge in [-0.05, 0) is 62.2 Å². The minimum atomic E-state index is -0.116. The number of nitrogens with zero attached hydrogens (tertiary/aromatic N) is 1. The van der Waals surface area contributed by atoms with Gasteiger partial charge in [-0.1, -0.05) is 6.07 Å². The molecule has 2 aromatic rings. The number of benzene rings is 2. The zero-order valence-electron chi connectivity index (χ0n) is 16.3. The molecule has 0 radical (unpaired) electrons. The molecular weight excluding hydrogens is 356 g/mol. The first-order chi connectivity index (χ1) is 13.6. The van der Waals surface area contributed by atoms with Gasteiger partial charge in [0, 0.05) is 30.3 Å². The third-order valence-electron chi connectivity index (χ3n) is 4.86. The predicted octanol–water partition coefficient (Wildman–Crippen LogP) is 3.13. The molecule has 0 bridgehead atoms. The number of rotatable bonds is 6. The van der Waals surface area contributed by atoms with Crippen molar-refractivity contribution in [2.75, 3.05) is 26.8 Å². The molecule has 1 saturated heterocycles. The first-order valence-corrected chi connectivity index (χ1v) is 9.57. The van der Waals surface area contributed by atoms with Crippen molar-refractivity contribution in [2.45, 2.75) is 25.8 Å². The zero-order valence-corrected chi connectivity index (χ0v) is 16.3. The van der Waals surface area contributed by atoms with E-state index < -0.39 is 0 Å². The van der Waals surface area contributed by atoms with E-state index in [1.54, 1.807) is 37.4 Å². The van der Waals surface area contributed by atoms with Gasteiger partial charge in [0.15, 0.2) is 0 Å². The average molecular weight is 382 g/mol. The third kappa shape index (κ3) is 4.82. The van der Waals surface area contributed by atoms with Crippen LogP contribution >= 0.6 is 0 Å². The van der Waals surface area contributed by atoms with Crippen molar-refractivity contribution in [1.82, 2.24) is 10.2 Å². The van der Waals surface area contributed by atoms with E-state index in [1.165, 1.54) is 0 Å². The molecule has 6 heteroatoms. The fourth-order valence-corrected chi connectivity index (χ4v) is 3.30. The molecule has 2 aromatic carbocycles. The number of piperidine rings is 1. The molecule has 1 heterocycles. The first kappa shape index (κ1) is 19.7. The number of hydrogen-bond donors (Lipinski definition) is 1. The summed E-state index contributed by atoms with van der Waals surface area (Å²) in [5.41, 5.74) is 1.23. The number of ether oxygens (including phenoxy) is 2. The molecule has 1 aliphatic rings. The van der Waals surface area contributed by atoms with Gasteiger partial charge in [-0.2, -0.15) is 0 Å². The minimum Gasteiger partial charge on any atom is -0.497 e. The number of nitrogens with one attached hydrogen (secondary N) is 1. The summed E-state index contributed by atoms with van der Waals surface area (Å²) >= 11 is 0. The fraction of sp³-hybridized carbons (Fsp3) is 0.364. The Labute approximate surface area is 165 Å². The molecule has 2 amide bonds. The van der Waals surface area contributed by atoms with Gasteiger partial charge in [0.1, 0.15) is 11.5 Å². The van der Waals surface area contributed by atoms with E-state index in [-0.39, 0.29) is 17.9 Å². The lowest BCUT2D eigenvalue weighted by Gasteiger charge is -2.32. The first-order valence-electron chi connectivity index (χ1n) is 9.57. The normalized spacial score (nSPS) is 14.4. The molecule has 0 saturated carbocycles. The Kier molecular flexibility index (Phi) is 6.53. The van der Waals surface area contributed by atoms with Crippen molar-refractivity contribution in [1.29, 1.82) is 0 Å². The summed E-state index contributed by atoms with van der Waals surface area (Å²) < 4.78 is 10.6. The summed E-state index contributed by atoms with van der Waals surface area (Å²) in [5.74, 6) is 1.32. The number of methoxy groups -OCH3 is 1. The van der Waals surface area contributed by atoms with Gasteiger partial charge < -0.3 is 19.7 Å². The highest BCUT2D eigenvalue weighted by molar-refractivity contribution is 5.95. The molecular formula is C22H26N2O4.